The van der Waals surface area contributed by atoms with Crippen LogP contribution in [0.3, 0.4) is 0 Å². The fourth-order valence-electron chi connectivity index (χ4n) is 3.15. The normalized spacial score (nSPS) is 14.5. The molecule has 2 atom stereocenters. The van der Waals surface area contributed by atoms with E-state index in [0.717, 1.165) is 44.1 Å². The number of carbonyl (C=O) groups is 3. The highest BCUT2D eigenvalue weighted by Gasteiger charge is 2.36. The van der Waals surface area contributed by atoms with Crippen LogP contribution in [-0.2, 0) is 19.1 Å². The van der Waals surface area contributed by atoms with Crippen molar-refractivity contribution in [1.82, 2.24) is 0 Å². The summed E-state index contributed by atoms with van der Waals surface area (Å²) < 4.78 is 5.20. The second-order valence-corrected chi connectivity index (χ2v) is 8.68. The smallest absolute Gasteiger partial charge is 0.333 e. The first-order valence-electron chi connectivity index (χ1n) is 11.3. The van der Waals surface area contributed by atoms with Crippen LogP contribution in [-0.4, -0.2) is 45.9 Å². The minimum Gasteiger partial charge on any atom is -0.481 e. The van der Waals surface area contributed by atoms with Crippen molar-refractivity contribution in [2.75, 3.05) is 6.61 Å². The quantitative estimate of drug-likeness (QED) is 0.233. The third kappa shape index (κ3) is 15.7. The summed E-state index contributed by atoms with van der Waals surface area (Å²) in [6, 6.07) is 0. The lowest BCUT2D eigenvalue weighted by Crippen LogP contribution is -2.38. The van der Waals surface area contributed by atoms with Crippen molar-refractivity contribution in [2.45, 2.75) is 85.7 Å². The molecule has 0 radical (unpaired) electrons. The molecule has 3 N–H and O–H groups in total. The van der Waals surface area contributed by atoms with E-state index in [4.69, 9.17) is 14.9 Å². The molecule has 7 nitrogen and oxygen atoms in total. The van der Waals surface area contributed by atoms with Crippen LogP contribution in [0.1, 0.15) is 79.6 Å². The number of carboxylic acid groups (broad SMARTS) is 3. The number of aliphatic carboxylic acids is 3. The van der Waals surface area contributed by atoms with Gasteiger partial charge in [-0.3, -0.25) is 9.59 Å². The van der Waals surface area contributed by atoms with E-state index in [1.807, 2.05) is 6.92 Å². The zero-order chi connectivity index (χ0) is 25.4. The van der Waals surface area contributed by atoms with Crippen LogP contribution in [0.2, 0.25) is 0 Å². The predicted molar refractivity (Wildman–Crippen MR) is 129 cm³/mol. The standard InChI is InChI=1S/C26H40O7/c1-18(2)9-6-10-19(3)11-7-12-20(4)13-8-14-21(5)15-16-33-24(26(31)32)22(25(29)30)17-23(27)28/h9,11,13,15,22,24H,6-8,10,12,14,16-17H2,1-5H3,(H,27,28)(H,29,30)(H,31,32). The molecule has 7 heteroatoms. The predicted octanol–water partition coefficient (Wildman–Crippen LogP) is 5.78. The van der Waals surface area contributed by atoms with Gasteiger partial charge in [-0.05, 0) is 73.1 Å². The van der Waals surface area contributed by atoms with Crippen molar-refractivity contribution >= 4 is 17.9 Å². The van der Waals surface area contributed by atoms with Gasteiger partial charge in [0.2, 0.25) is 0 Å². The molecule has 0 amide bonds. The Kier molecular flexibility index (Phi) is 15.5. The largest absolute Gasteiger partial charge is 0.481 e. The van der Waals surface area contributed by atoms with Crippen LogP contribution in [0.15, 0.2) is 46.6 Å². The highest BCUT2D eigenvalue weighted by Crippen LogP contribution is 2.16. The van der Waals surface area contributed by atoms with Crippen LogP contribution in [0.25, 0.3) is 0 Å². The summed E-state index contributed by atoms with van der Waals surface area (Å²) in [5.74, 6) is -6.04. The van der Waals surface area contributed by atoms with E-state index in [1.54, 1.807) is 6.08 Å². The van der Waals surface area contributed by atoms with Crippen molar-refractivity contribution < 1.29 is 34.4 Å². The maximum absolute atomic E-state index is 11.3. The third-order valence-corrected chi connectivity index (χ3v) is 5.18. The van der Waals surface area contributed by atoms with Crippen LogP contribution in [0.4, 0.5) is 0 Å². The molecule has 0 aromatic carbocycles. The molecule has 0 heterocycles. The van der Waals surface area contributed by atoms with Crippen molar-refractivity contribution in [2.24, 2.45) is 5.92 Å². The lowest BCUT2D eigenvalue weighted by molar-refractivity contribution is -0.165. The van der Waals surface area contributed by atoms with Gasteiger partial charge in [0.15, 0.2) is 6.10 Å². The van der Waals surface area contributed by atoms with Gasteiger partial charge >= 0.3 is 17.9 Å². The minimum atomic E-state index is -1.72. The van der Waals surface area contributed by atoms with Crippen molar-refractivity contribution in [3.05, 3.63) is 46.6 Å². The molecule has 0 aliphatic carbocycles. The van der Waals surface area contributed by atoms with Gasteiger partial charge in [0.1, 0.15) is 5.92 Å². The summed E-state index contributed by atoms with van der Waals surface area (Å²) >= 11 is 0. The molecular formula is C26H40O7. The molecule has 0 spiro atoms. The molecule has 2 unspecified atom stereocenters. The molecule has 0 aliphatic heterocycles. The summed E-state index contributed by atoms with van der Waals surface area (Å²) in [6.45, 7) is 10.3. The number of allylic oxidation sites excluding steroid dienone is 7. The lowest BCUT2D eigenvalue weighted by Gasteiger charge is -2.18. The first-order valence-corrected chi connectivity index (χ1v) is 11.3. The highest BCUT2D eigenvalue weighted by atomic mass is 16.5. The average Bonchev–Trinajstić information content (AvgIpc) is 2.69. The number of ether oxygens (including phenoxy) is 1. The molecule has 0 fully saturated rings. The molecule has 33 heavy (non-hydrogen) atoms. The second kappa shape index (κ2) is 16.9. The molecule has 186 valence electrons. The Morgan fingerprint density at radius 1 is 0.697 bits per heavy atom. The number of hydrogen-bond donors (Lipinski definition) is 3. The van der Waals surface area contributed by atoms with E-state index in [0.29, 0.717) is 0 Å². The van der Waals surface area contributed by atoms with Crippen LogP contribution < -0.4 is 0 Å². The SMILES string of the molecule is CC(C)=CCCC(C)=CCCC(C)=CCCC(C)=CCOC(C(=O)O)C(CC(=O)O)C(=O)O. The summed E-state index contributed by atoms with van der Waals surface area (Å²) in [6.07, 6.45) is 11.7. The molecule has 0 bridgehead atoms. The van der Waals surface area contributed by atoms with Crippen LogP contribution in [0, 0.1) is 5.92 Å². The van der Waals surface area contributed by atoms with E-state index in [1.165, 1.54) is 16.7 Å². The zero-order valence-electron chi connectivity index (χ0n) is 20.6. The Balaban J connectivity index is 4.52. The van der Waals surface area contributed by atoms with Gasteiger partial charge in [0.25, 0.3) is 0 Å². The van der Waals surface area contributed by atoms with Gasteiger partial charge in [-0.2, -0.15) is 0 Å². The first kappa shape index (κ1) is 30.3. The first-order chi connectivity index (χ1) is 15.4. The fourth-order valence-corrected chi connectivity index (χ4v) is 3.15. The van der Waals surface area contributed by atoms with Gasteiger partial charge < -0.3 is 20.1 Å². The molecule has 0 aliphatic rings. The lowest BCUT2D eigenvalue weighted by atomic mass is 9.98. The molecule has 0 aromatic rings. The van der Waals surface area contributed by atoms with E-state index in [9.17, 15) is 19.5 Å². The third-order valence-electron chi connectivity index (χ3n) is 5.18. The molecule has 0 rings (SSSR count). The average molecular weight is 465 g/mol. The van der Waals surface area contributed by atoms with Gasteiger partial charge in [-0.15, -0.1) is 0 Å². The van der Waals surface area contributed by atoms with Gasteiger partial charge in [-0.1, -0.05) is 46.6 Å². The Bertz CT molecular complexity index is 768. The monoisotopic (exact) mass is 464 g/mol. The Labute approximate surface area is 197 Å². The van der Waals surface area contributed by atoms with E-state index >= 15 is 0 Å². The van der Waals surface area contributed by atoms with Gasteiger partial charge in [0, 0.05) is 0 Å². The van der Waals surface area contributed by atoms with Crippen molar-refractivity contribution in [3.63, 3.8) is 0 Å². The Morgan fingerprint density at radius 3 is 1.55 bits per heavy atom. The molecule has 0 aromatic heterocycles. The van der Waals surface area contributed by atoms with E-state index in [2.05, 4.69) is 45.9 Å². The number of hydrogen-bond acceptors (Lipinski definition) is 4. The highest BCUT2D eigenvalue weighted by molar-refractivity contribution is 5.85. The maximum atomic E-state index is 11.3. The van der Waals surface area contributed by atoms with Crippen LogP contribution >= 0.6 is 0 Å². The Morgan fingerprint density at radius 2 is 1.15 bits per heavy atom. The van der Waals surface area contributed by atoms with E-state index in [-0.39, 0.29) is 6.61 Å². The fraction of sp³-hybridized carbons (Fsp3) is 0.577. The maximum Gasteiger partial charge on any atom is 0.333 e. The summed E-state index contributed by atoms with van der Waals surface area (Å²) in [4.78, 5) is 33.4. The Hall–Kier alpha value is -2.67. The molecule has 0 saturated carbocycles. The number of carboxylic acids is 3. The van der Waals surface area contributed by atoms with Gasteiger partial charge in [0.05, 0.1) is 13.0 Å². The number of rotatable bonds is 17. The summed E-state index contributed by atoms with van der Waals surface area (Å²) in [5, 5.41) is 27.2. The van der Waals surface area contributed by atoms with Crippen molar-refractivity contribution in [3.8, 4) is 0 Å². The second-order valence-electron chi connectivity index (χ2n) is 8.68. The van der Waals surface area contributed by atoms with E-state index < -0.39 is 36.4 Å². The topological polar surface area (TPSA) is 121 Å². The van der Waals surface area contributed by atoms with Crippen LogP contribution in [0.5, 0.6) is 0 Å². The molecular weight excluding hydrogens is 424 g/mol. The summed E-state index contributed by atoms with van der Waals surface area (Å²) in [5.41, 5.74) is 5.06. The molecule has 0 saturated heterocycles. The zero-order valence-corrected chi connectivity index (χ0v) is 20.6. The minimum absolute atomic E-state index is 0.0916. The van der Waals surface area contributed by atoms with Gasteiger partial charge in [-0.25, -0.2) is 4.79 Å². The van der Waals surface area contributed by atoms with Crippen molar-refractivity contribution in [1.29, 1.82) is 0 Å². The summed E-state index contributed by atoms with van der Waals surface area (Å²) in [7, 11) is 0.